The van der Waals surface area contributed by atoms with Crippen molar-refractivity contribution in [2.75, 3.05) is 0 Å². The van der Waals surface area contributed by atoms with E-state index in [4.69, 9.17) is 23.2 Å². The Morgan fingerprint density at radius 1 is 0.650 bits per heavy atom. The van der Waals surface area contributed by atoms with Gasteiger partial charge in [0.25, 0.3) is 0 Å². The highest BCUT2D eigenvalue weighted by Gasteiger charge is 2.16. The first kappa shape index (κ1) is 19.0. The summed E-state index contributed by atoms with van der Waals surface area (Å²) in [5.41, 5.74) is 1.62. The summed E-state index contributed by atoms with van der Waals surface area (Å²) in [7, 11) is 0. The van der Waals surface area contributed by atoms with Gasteiger partial charge in [-0.3, -0.25) is 0 Å². The normalized spacial score (nSPS) is 8.75. The van der Waals surface area contributed by atoms with Crippen LogP contribution in [0.3, 0.4) is 0 Å². The number of halogens is 2. The zero-order chi connectivity index (χ0) is 15.5. The maximum atomic E-state index is 10.1. The van der Waals surface area contributed by atoms with E-state index in [1.807, 2.05) is 52.0 Å². The largest absolute Gasteiger partial charge is 0.443 e. The van der Waals surface area contributed by atoms with Crippen molar-refractivity contribution in [2.24, 2.45) is 0 Å². The molecule has 0 fully saturated rings. The van der Waals surface area contributed by atoms with Gasteiger partial charge in [-0.05, 0) is 35.2 Å². The minimum Gasteiger partial charge on any atom is -0.443 e. The first-order valence-electron chi connectivity index (χ1n) is 6.86. The van der Waals surface area contributed by atoms with E-state index in [9.17, 15) is 5.02 Å². The molecule has 0 aliphatic carbocycles. The molecule has 0 unspecified atom stereocenters. The molecule has 0 heterocycles. The third-order valence-corrected chi connectivity index (χ3v) is 2.88. The summed E-state index contributed by atoms with van der Waals surface area (Å²) in [6, 6.07) is 14.3. The van der Waals surface area contributed by atoms with Gasteiger partial charge in [0.2, 0.25) is 0 Å². The molecular formula is C16H21BCl2O. The zero-order valence-corrected chi connectivity index (χ0v) is 13.9. The van der Waals surface area contributed by atoms with Crippen LogP contribution in [0.15, 0.2) is 48.5 Å². The standard InChI is InChI=1S/C12H9BCl2O.2C2H6/c14-11-5-1-9(2-6-11)13(16)10-3-7-12(15)8-4-10;2*1-2/h1-8,16H;2*1-2H3. The molecule has 0 saturated carbocycles. The van der Waals surface area contributed by atoms with Crippen LogP contribution < -0.4 is 10.9 Å². The predicted molar refractivity (Wildman–Crippen MR) is 92.8 cm³/mol. The number of hydrogen-bond donors (Lipinski definition) is 1. The highest BCUT2D eigenvalue weighted by atomic mass is 35.5. The second-order valence-corrected chi connectivity index (χ2v) is 4.38. The van der Waals surface area contributed by atoms with Crippen molar-refractivity contribution in [3.05, 3.63) is 58.6 Å². The first-order valence-corrected chi connectivity index (χ1v) is 7.61. The highest BCUT2D eigenvalue weighted by molar-refractivity contribution is 6.78. The van der Waals surface area contributed by atoms with E-state index in [1.165, 1.54) is 0 Å². The first-order chi connectivity index (χ1) is 9.66. The third kappa shape index (κ3) is 6.00. The molecule has 1 nitrogen and oxygen atoms in total. The van der Waals surface area contributed by atoms with E-state index >= 15 is 0 Å². The summed E-state index contributed by atoms with van der Waals surface area (Å²) in [5.74, 6) is 0. The Hall–Kier alpha value is -0.955. The van der Waals surface area contributed by atoms with E-state index in [1.54, 1.807) is 24.3 Å². The molecule has 0 atom stereocenters. The molecule has 0 saturated heterocycles. The van der Waals surface area contributed by atoms with Gasteiger partial charge in [0.05, 0.1) is 0 Å². The van der Waals surface area contributed by atoms with Gasteiger partial charge < -0.3 is 5.02 Å². The molecule has 2 aromatic carbocycles. The summed E-state index contributed by atoms with van der Waals surface area (Å²) in [6.45, 7) is 7.36. The number of benzene rings is 2. The van der Waals surface area contributed by atoms with Gasteiger partial charge in [-0.2, -0.15) is 0 Å². The fraction of sp³-hybridized carbons (Fsp3) is 0.250. The summed E-state index contributed by atoms with van der Waals surface area (Å²) < 4.78 is 0. The molecular weight excluding hydrogens is 290 g/mol. The zero-order valence-electron chi connectivity index (χ0n) is 12.4. The third-order valence-electron chi connectivity index (χ3n) is 2.37. The fourth-order valence-electron chi connectivity index (χ4n) is 1.48. The lowest BCUT2D eigenvalue weighted by molar-refractivity contribution is 0.600. The number of hydrogen-bond acceptors (Lipinski definition) is 1. The minimum atomic E-state index is -0.644. The second-order valence-electron chi connectivity index (χ2n) is 3.51. The Balaban J connectivity index is 0.000000829. The molecule has 0 aliphatic heterocycles. The summed E-state index contributed by atoms with van der Waals surface area (Å²) >= 11 is 11.6. The van der Waals surface area contributed by atoms with Crippen LogP contribution in [0.4, 0.5) is 0 Å². The predicted octanol–water partition coefficient (Wildman–Crippen LogP) is 4.14. The number of rotatable bonds is 2. The maximum Gasteiger partial charge on any atom is 0.358 e. The monoisotopic (exact) mass is 310 g/mol. The van der Waals surface area contributed by atoms with Crippen LogP contribution in [0.1, 0.15) is 27.7 Å². The molecule has 0 amide bonds. The Morgan fingerprint density at radius 3 is 1.15 bits per heavy atom. The molecule has 108 valence electrons. The van der Waals surface area contributed by atoms with Gasteiger partial charge in [0.1, 0.15) is 0 Å². The van der Waals surface area contributed by atoms with Crippen molar-refractivity contribution in [1.82, 2.24) is 0 Å². The molecule has 2 rings (SSSR count). The lowest BCUT2D eigenvalue weighted by Crippen LogP contribution is -2.42. The Kier molecular flexibility index (Phi) is 10.3. The summed E-state index contributed by atoms with van der Waals surface area (Å²) in [5, 5.41) is 11.4. The van der Waals surface area contributed by atoms with Crippen LogP contribution in [0.25, 0.3) is 0 Å². The minimum absolute atomic E-state index is 0.644. The topological polar surface area (TPSA) is 20.2 Å². The SMILES string of the molecule is CC.CC.OB(c1ccc(Cl)cc1)c1ccc(Cl)cc1. The van der Waals surface area contributed by atoms with Gasteiger partial charge in [-0.1, -0.05) is 75.2 Å². The maximum absolute atomic E-state index is 10.1. The van der Waals surface area contributed by atoms with Gasteiger partial charge in [-0.25, -0.2) is 0 Å². The van der Waals surface area contributed by atoms with Crippen LogP contribution >= 0.6 is 23.2 Å². The van der Waals surface area contributed by atoms with Crippen molar-refractivity contribution in [1.29, 1.82) is 0 Å². The van der Waals surface area contributed by atoms with Gasteiger partial charge >= 0.3 is 6.92 Å². The van der Waals surface area contributed by atoms with Gasteiger partial charge in [0.15, 0.2) is 0 Å². The fourth-order valence-corrected chi connectivity index (χ4v) is 1.73. The average Bonchev–Trinajstić information content (AvgIpc) is 2.52. The average molecular weight is 311 g/mol. The molecule has 0 aromatic heterocycles. The summed E-state index contributed by atoms with van der Waals surface area (Å²) in [6.07, 6.45) is 0. The van der Waals surface area contributed by atoms with Gasteiger partial charge in [-0.15, -0.1) is 0 Å². The van der Waals surface area contributed by atoms with Crippen molar-refractivity contribution in [2.45, 2.75) is 27.7 Å². The van der Waals surface area contributed by atoms with E-state index in [0.29, 0.717) is 10.0 Å². The van der Waals surface area contributed by atoms with E-state index in [0.717, 1.165) is 10.9 Å². The van der Waals surface area contributed by atoms with Crippen LogP contribution in [-0.2, 0) is 0 Å². The van der Waals surface area contributed by atoms with Gasteiger partial charge in [0, 0.05) is 10.0 Å². The van der Waals surface area contributed by atoms with Crippen molar-refractivity contribution in [3.63, 3.8) is 0 Å². The summed E-state index contributed by atoms with van der Waals surface area (Å²) in [4.78, 5) is 0. The molecule has 20 heavy (non-hydrogen) atoms. The van der Waals surface area contributed by atoms with E-state index in [2.05, 4.69) is 0 Å². The highest BCUT2D eigenvalue weighted by Crippen LogP contribution is 2.06. The Bertz CT molecular complexity index is 423. The molecule has 2 aromatic rings. The van der Waals surface area contributed by atoms with Crippen molar-refractivity contribution < 1.29 is 5.02 Å². The lowest BCUT2D eigenvalue weighted by Gasteiger charge is -2.07. The van der Waals surface area contributed by atoms with E-state index < -0.39 is 6.92 Å². The lowest BCUT2D eigenvalue weighted by atomic mass is 9.56. The molecule has 0 aliphatic rings. The molecule has 0 spiro atoms. The molecule has 4 heteroatoms. The van der Waals surface area contributed by atoms with Crippen LogP contribution in [0, 0.1) is 0 Å². The van der Waals surface area contributed by atoms with Crippen LogP contribution in [0.2, 0.25) is 10.0 Å². The smallest absolute Gasteiger partial charge is 0.358 e. The Morgan fingerprint density at radius 2 is 0.900 bits per heavy atom. The molecule has 0 radical (unpaired) electrons. The van der Waals surface area contributed by atoms with Crippen LogP contribution in [0.5, 0.6) is 0 Å². The van der Waals surface area contributed by atoms with E-state index in [-0.39, 0.29) is 0 Å². The molecule has 0 bridgehead atoms. The second kappa shape index (κ2) is 10.8. The van der Waals surface area contributed by atoms with Crippen molar-refractivity contribution >= 4 is 41.0 Å². The van der Waals surface area contributed by atoms with Crippen molar-refractivity contribution in [3.8, 4) is 0 Å². The molecule has 1 N–H and O–H groups in total. The quantitative estimate of drug-likeness (QED) is 0.826. The Labute approximate surface area is 132 Å². The van der Waals surface area contributed by atoms with Crippen LogP contribution in [-0.4, -0.2) is 11.9 Å².